The molecule has 2 aromatic rings. The van der Waals surface area contributed by atoms with E-state index in [0.29, 0.717) is 12.0 Å². The molecule has 0 radical (unpaired) electrons. The maximum Gasteiger partial charge on any atom is 0.162 e. The second-order valence-corrected chi connectivity index (χ2v) is 6.21. The number of aryl methyl sites for hydroxylation is 1. The second-order valence-electron chi connectivity index (χ2n) is 5.09. The van der Waals surface area contributed by atoms with Gasteiger partial charge in [-0.15, -0.1) is 11.3 Å². The fraction of sp³-hybridized carbons (Fsp3) is 0.400. The molecule has 0 saturated carbocycles. The molecule has 1 aliphatic rings. The van der Waals surface area contributed by atoms with Crippen molar-refractivity contribution in [3.8, 4) is 10.8 Å². The third kappa shape index (κ3) is 3.00. The summed E-state index contributed by atoms with van der Waals surface area (Å²) in [6.45, 7) is 2.96. The molecular weight excluding hydrogens is 272 g/mol. The lowest BCUT2D eigenvalue weighted by atomic mass is 10.1. The van der Waals surface area contributed by atoms with Crippen LogP contribution in [0.5, 0.6) is 0 Å². The minimum atomic E-state index is 0.233. The largest absolute Gasteiger partial charge is 0.459 e. The molecule has 0 spiro atoms. The molecule has 0 aromatic carbocycles. The van der Waals surface area contributed by atoms with Gasteiger partial charge in [0.25, 0.3) is 0 Å². The van der Waals surface area contributed by atoms with Crippen LogP contribution in [0.2, 0.25) is 0 Å². The van der Waals surface area contributed by atoms with Gasteiger partial charge in [0.05, 0.1) is 0 Å². The lowest BCUT2D eigenvalue weighted by Crippen LogP contribution is -2.25. The highest BCUT2D eigenvalue weighted by Gasteiger charge is 2.17. The van der Waals surface area contributed by atoms with Gasteiger partial charge >= 0.3 is 0 Å². The van der Waals surface area contributed by atoms with Gasteiger partial charge in [0, 0.05) is 36.2 Å². The van der Waals surface area contributed by atoms with E-state index in [9.17, 15) is 0 Å². The zero-order valence-corrected chi connectivity index (χ0v) is 12.2. The number of nitrogens with zero attached hydrogens (tertiary/aromatic N) is 1. The van der Waals surface area contributed by atoms with E-state index in [0.717, 1.165) is 29.5 Å². The standard InChI is InChI=1S/C15H18N2O2S/c1-10-2-5-14(19-10)15-17-8-13(20-15)7-16-12-4-3-11(6-12)9-18/h2-5,8,11-12,16,18H,6-7,9H2,1H3/t11-,12+/m0/s1. The van der Waals surface area contributed by atoms with Crippen molar-refractivity contribution in [3.63, 3.8) is 0 Å². The van der Waals surface area contributed by atoms with E-state index in [-0.39, 0.29) is 6.61 Å². The Bertz CT molecular complexity index is 603. The van der Waals surface area contributed by atoms with E-state index in [4.69, 9.17) is 9.52 Å². The van der Waals surface area contributed by atoms with Gasteiger partial charge in [0.1, 0.15) is 5.76 Å². The maximum absolute atomic E-state index is 9.10. The predicted octanol–water partition coefficient (Wildman–Crippen LogP) is 2.74. The van der Waals surface area contributed by atoms with Gasteiger partial charge in [-0.25, -0.2) is 4.98 Å². The van der Waals surface area contributed by atoms with Gasteiger partial charge in [-0.1, -0.05) is 12.2 Å². The van der Waals surface area contributed by atoms with Crippen molar-refractivity contribution in [3.05, 3.63) is 41.1 Å². The molecule has 2 atom stereocenters. The highest BCUT2D eigenvalue weighted by Crippen LogP contribution is 2.27. The Morgan fingerprint density at radius 2 is 2.35 bits per heavy atom. The van der Waals surface area contributed by atoms with E-state index in [1.54, 1.807) is 11.3 Å². The topological polar surface area (TPSA) is 58.3 Å². The van der Waals surface area contributed by atoms with E-state index in [1.807, 2.05) is 25.3 Å². The van der Waals surface area contributed by atoms with Gasteiger partial charge in [-0.3, -0.25) is 0 Å². The summed E-state index contributed by atoms with van der Waals surface area (Å²) in [7, 11) is 0. The van der Waals surface area contributed by atoms with Crippen LogP contribution >= 0.6 is 11.3 Å². The molecule has 3 rings (SSSR count). The highest BCUT2D eigenvalue weighted by atomic mass is 32.1. The summed E-state index contributed by atoms with van der Waals surface area (Å²) in [6.07, 6.45) is 7.09. The normalized spacial score (nSPS) is 21.7. The number of hydrogen-bond donors (Lipinski definition) is 2. The van der Waals surface area contributed by atoms with E-state index < -0.39 is 0 Å². The van der Waals surface area contributed by atoms with Crippen LogP contribution < -0.4 is 5.32 Å². The number of thiazole rings is 1. The Hall–Kier alpha value is -1.43. The Kier molecular flexibility index (Phi) is 4.00. The number of nitrogens with one attached hydrogen (secondary N) is 1. The molecule has 0 amide bonds. The molecule has 20 heavy (non-hydrogen) atoms. The number of aromatic nitrogens is 1. The number of rotatable bonds is 5. The third-order valence-electron chi connectivity index (χ3n) is 3.45. The predicted molar refractivity (Wildman–Crippen MR) is 79.5 cm³/mol. The minimum Gasteiger partial charge on any atom is -0.459 e. The third-order valence-corrected chi connectivity index (χ3v) is 4.46. The van der Waals surface area contributed by atoms with Gasteiger partial charge in [0.15, 0.2) is 10.8 Å². The quantitative estimate of drug-likeness (QED) is 0.831. The zero-order valence-electron chi connectivity index (χ0n) is 11.4. The zero-order chi connectivity index (χ0) is 13.9. The fourth-order valence-electron chi connectivity index (χ4n) is 2.35. The van der Waals surface area contributed by atoms with E-state index in [1.165, 1.54) is 4.88 Å². The Balaban J connectivity index is 1.57. The van der Waals surface area contributed by atoms with E-state index >= 15 is 0 Å². The number of aliphatic hydroxyl groups excluding tert-OH is 1. The van der Waals surface area contributed by atoms with Crippen molar-refractivity contribution in [1.82, 2.24) is 10.3 Å². The summed E-state index contributed by atoms with van der Waals surface area (Å²) < 4.78 is 5.58. The monoisotopic (exact) mass is 290 g/mol. The van der Waals surface area contributed by atoms with Crippen LogP contribution in [0, 0.1) is 12.8 Å². The number of hydrogen-bond acceptors (Lipinski definition) is 5. The van der Waals surface area contributed by atoms with E-state index in [2.05, 4.69) is 22.5 Å². The van der Waals surface area contributed by atoms with Crippen molar-refractivity contribution in [2.75, 3.05) is 6.61 Å². The molecule has 5 heteroatoms. The second kappa shape index (κ2) is 5.91. The number of aliphatic hydroxyl groups is 1. The molecule has 0 saturated heterocycles. The minimum absolute atomic E-state index is 0.233. The Morgan fingerprint density at radius 3 is 3.05 bits per heavy atom. The van der Waals surface area contributed by atoms with Crippen molar-refractivity contribution >= 4 is 11.3 Å². The molecular formula is C15H18N2O2S. The molecule has 1 aliphatic carbocycles. The van der Waals surface area contributed by atoms with Crippen LogP contribution in [-0.4, -0.2) is 22.7 Å². The van der Waals surface area contributed by atoms with Crippen LogP contribution in [0.4, 0.5) is 0 Å². The molecule has 0 fully saturated rings. The smallest absolute Gasteiger partial charge is 0.162 e. The summed E-state index contributed by atoms with van der Waals surface area (Å²) in [5.41, 5.74) is 0. The summed E-state index contributed by atoms with van der Waals surface area (Å²) in [4.78, 5) is 5.59. The first-order valence-electron chi connectivity index (χ1n) is 6.78. The average Bonchev–Trinajstić information content (AvgIpc) is 3.16. The molecule has 2 N–H and O–H groups in total. The summed E-state index contributed by atoms with van der Waals surface area (Å²) >= 11 is 1.65. The van der Waals surface area contributed by atoms with Crippen molar-refractivity contribution in [2.24, 2.45) is 5.92 Å². The number of furan rings is 1. The van der Waals surface area contributed by atoms with Gasteiger partial charge in [-0.2, -0.15) is 0 Å². The molecule has 2 aromatic heterocycles. The van der Waals surface area contributed by atoms with Crippen molar-refractivity contribution < 1.29 is 9.52 Å². The van der Waals surface area contributed by atoms with Gasteiger partial charge in [-0.05, 0) is 25.5 Å². The molecule has 0 unspecified atom stereocenters. The van der Waals surface area contributed by atoms with Crippen LogP contribution in [0.3, 0.4) is 0 Å². The fourth-order valence-corrected chi connectivity index (χ4v) is 3.17. The summed E-state index contributed by atoms with van der Waals surface area (Å²) in [5.74, 6) is 2.04. The van der Waals surface area contributed by atoms with Crippen LogP contribution in [0.1, 0.15) is 17.1 Å². The first-order valence-corrected chi connectivity index (χ1v) is 7.60. The van der Waals surface area contributed by atoms with Crippen LogP contribution in [0.25, 0.3) is 10.8 Å². The highest BCUT2D eigenvalue weighted by molar-refractivity contribution is 7.14. The van der Waals surface area contributed by atoms with Crippen molar-refractivity contribution in [2.45, 2.75) is 25.9 Å². The van der Waals surface area contributed by atoms with Crippen LogP contribution in [0.15, 0.2) is 34.9 Å². The van der Waals surface area contributed by atoms with Gasteiger partial charge in [0.2, 0.25) is 0 Å². The first-order chi connectivity index (χ1) is 9.74. The average molecular weight is 290 g/mol. The Labute approximate surface area is 122 Å². The molecule has 0 aliphatic heterocycles. The molecule has 4 nitrogen and oxygen atoms in total. The maximum atomic E-state index is 9.10. The van der Waals surface area contributed by atoms with Crippen LogP contribution in [-0.2, 0) is 6.54 Å². The molecule has 106 valence electrons. The lowest BCUT2D eigenvalue weighted by Gasteiger charge is -2.11. The lowest BCUT2D eigenvalue weighted by molar-refractivity contribution is 0.246. The SMILES string of the molecule is Cc1ccc(-c2ncc(CN[C@@H]3C=C[C@H](CO)C3)s2)o1. The Morgan fingerprint density at radius 1 is 1.45 bits per heavy atom. The van der Waals surface area contributed by atoms with Gasteiger partial charge < -0.3 is 14.8 Å². The van der Waals surface area contributed by atoms with Crippen molar-refractivity contribution in [1.29, 1.82) is 0 Å². The first kappa shape index (κ1) is 13.5. The summed E-state index contributed by atoms with van der Waals surface area (Å²) in [6, 6.07) is 4.26. The molecule has 2 heterocycles. The summed E-state index contributed by atoms with van der Waals surface area (Å²) in [5, 5.41) is 13.5. The molecule has 0 bridgehead atoms.